The highest BCUT2D eigenvalue weighted by Crippen LogP contribution is 2.21. The molecule has 0 fully saturated rings. The SMILES string of the molecule is COC(=O)c1cnc([C@H](C)NC(=O)Cc2c(F)cccc2F)s1. The first kappa shape index (κ1) is 17.0. The average molecular weight is 340 g/mol. The second kappa shape index (κ2) is 7.28. The molecule has 0 bridgehead atoms. The van der Waals surface area contributed by atoms with E-state index in [-0.39, 0.29) is 5.56 Å². The highest BCUT2D eigenvalue weighted by molar-refractivity contribution is 7.13. The molecule has 5 nitrogen and oxygen atoms in total. The lowest BCUT2D eigenvalue weighted by Crippen LogP contribution is -2.28. The number of halogens is 2. The Hall–Kier alpha value is -2.35. The van der Waals surface area contributed by atoms with E-state index in [0.29, 0.717) is 9.88 Å². The number of methoxy groups -OCH3 is 1. The highest BCUT2D eigenvalue weighted by atomic mass is 32.1. The molecule has 1 aromatic heterocycles. The third-order valence-electron chi connectivity index (χ3n) is 3.06. The third kappa shape index (κ3) is 4.10. The van der Waals surface area contributed by atoms with Gasteiger partial charge in [0, 0.05) is 5.56 Å². The van der Waals surface area contributed by atoms with Gasteiger partial charge < -0.3 is 10.1 Å². The van der Waals surface area contributed by atoms with Gasteiger partial charge in [-0.3, -0.25) is 4.79 Å². The summed E-state index contributed by atoms with van der Waals surface area (Å²) < 4.78 is 31.6. The number of nitrogens with one attached hydrogen (secondary N) is 1. The molecule has 2 rings (SSSR count). The van der Waals surface area contributed by atoms with Gasteiger partial charge in [0.1, 0.15) is 21.5 Å². The van der Waals surface area contributed by atoms with Crippen molar-refractivity contribution in [2.45, 2.75) is 19.4 Å². The minimum absolute atomic E-state index is 0.286. The van der Waals surface area contributed by atoms with Crippen LogP contribution in [0.25, 0.3) is 0 Å². The van der Waals surface area contributed by atoms with Crippen molar-refractivity contribution in [2.75, 3.05) is 7.11 Å². The third-order valence-corrected chi connectivity index (χ3v) is 4.22. The summed E-state index contributed by atoms with van der Waals surface area (Å²) in [6.45, 7) is 1.66. The summed E-state index contributed by atoms with van der Waals surface area (Å²) in [6.07, 6.45) is 0.934. The molecule has 122 valence electrons. The molecule has 23 heavy (non-hydrogen) atoms. The smallest absolute Gasteiger partial charge is 0.349 e. The quantitative estimate of drug-likeness (QED) is 0.850. The largest absolute Gasteiger partial charge is 0.465 e. The van der Waals surface area contributed by atoms with Gasteiger partial charge in [0.25, 0.3) is 0 Å². The van der Waals surface area contributed by atoms with Crippen molar-refractivity contribution in [3.63, 3.8) is 0 Å². The molecule has 0 saturated heterocycles. The van der Waals surface area contributed by atoms with Gasteiger partial charge >= 0.3 is 5.97 Å². The average Bonchev–Trinajstić information content (AvgIpc) is 3.00. The summed E-state index contributed by atoms with van der Waals surface area (Å²) in [5.41, 5.74) is -0.286. The predicted octanol–water partition coefficient (Wildman–Crippen LogP) is 2.63. The molecule has 0 aliphatic heterocycles. The summed E-state index contributed by atoms with van der Waals surface area (Å²) in [4.78, 5) is 27.6. The summed E-state index contributed by atoms with van der Waals surface area (Å²) in [6, 6.07) is 2.93. The van der Waals surface area contributed by atoms with E-state index >= 15 is 0 Å². The predicted molar refractivity (Wildman–Crippen MR) is 80.1 cm³/mol. The molecule has 1 heterocycles. The first-order valence-corrected chi connectivity index (χ1v) is 7.50. The Labute approximate surface area is 135 Å². The lowest BCUT2D eigenvalue weighted by atomic mass is 10.1. The molecule has 0 spiro atoms. The minimum atomic E-state index is -0.768. The fourth-order valence-electron chi connectivity index (χ4n) is 1.90. The Bertz CT molecular complexity index is 713. The van der Waals surface area contributed by atoms with E-state index in [0.717, 1.165) is 23.5 Å². The van der Waals surface area contributed by atoms with Crippen molar-refractivity contribution in [3.05, 3.63) is 51.5 Å². The summed E-state index contributed by atoms with van der Waals surface area (Å²) in [7, 11) is 1.26. The van der Waals surface area contributed by atoms with Gasteiger partial charge in [0.2, 0.25) is 5.91 Å². The van der Waals surface area contributed by atoms with Crippen molar-refractivity contribution in [1.82, 2.24) is 10.3 Å². The molecule has 1 aromatic carbocycles. The molecule has 2 aromatic rings. The van der Waals surface area contributed by atoms with Crippen LogP contribution in [0.1, 0.15) is 33.2 Å². The van der Waals surface area contributed by atoms with Crippen molar-refractivity contribution < 1.29 is 23.1 Å². The van der Waals surface area contributed by atoms with Crippen LogP contribution < -0.4 is 5.32 Å². The van der Waals surface area contributed by atoms with E-state index in [1.807, 2.05) is 0 Å². The zero-order valence-electron chi connectivity index (χ0n) is 12.4. The Morgan fingerprint density at radius 1 is 1.35 bits per heavy atom. The van der Waals surface area contributed by atoms with Crippen molar-refractivity contribution in [3.8, 4) is 0 Å². The van der Waals surface area contributed by atoms with Gasteiger partial charge in [-0.05, 0) is 19.1 Å². The molecular weight excluding hydrogens is 326 g/mol. The zero-order chi connectivity index (χ0) is 17.0. The molecule has 0 aliphatic rings. The van der Waals surface area contributed by atoms with Gasteiger partial charge in [0.05, 0.1) is 25.8 Å². The molecule has 8 heteroatoms. The van der Waals surface area contributed by atoms with E-state index in [2.05, 4.69) is 15.0 Å². The van der Waals surface area contributed by atoms with Crippen LogP contribution in [0, 0.1) is 11.6 Å². The number of hydrogen-bond acceptors (Lipinski definition) is 5. The summed E-state index contributed by atoms with van der Waals surface area (Å²) in [5, 5.41) is 3.09. The van der Waals surface area contributed by atoms with Crippen molar-refractivity contribution in [2.24, 2.45) is 0 Å². The van der Waals surface area contributed by atoms with Gasteiger partial charge in [0.15, 0.2) is 0 Å². The van der Waals surface area contributed by atoms with Crippen LogP contribution in [0.2, 0.25) is 0 Å². The Kier molecular flexibility index (Phi) is 5.38. The minimum Gasteiger partial charge on any atom is -0.465 e. The number of hydrogen-bond donors (Lipinski definition) is 1. The highest BCUT2D eigenvalue weighted by Gasteiger charge is 2.18. The van der Waals surface area contributed by atoms with Crippen LogP contribution in [0.5, 0.6) is 0 Å². The Morgan fingerprint density at radius 3 is 2.61 bits per heavy atom. The number of esters is 1. The van der Waals surface area contributed by atoms with Crippen molar-refractivity contribution in [1.29, 1.82) is 0 Å². The van der Waals surface area contributed by atoms with E-state index in [1.54, 1.807) is 6.92 Å². The maximum absolute atomic E-state index is 13.5. The van der Waals surface area contributed by atoms with Gasteiger partial charge in [-0.1, -0.05) is 6.07 Å². The number of thiazole rings is 1. The normalized spacial score (nSPS) is 11.8. The fraction of sp³-hybridized carbons (Fsp3) is 0.267. The van der Waals surface area contributed by atoms with Gasteiger partial charge in [-0.15, -0.1) is 11.3 Å². The van der Waals surface area contributed by atoms with Crippen molar-refractivity contribution >= 4 is 23.2 Å². The second-order valence-electron chi connectivity index (χ2n) is 4.72. The van der Waals surface area contributed by atoms with Crippen LogP contribution in [-0.2, 0) is 16.0 Å². The lowest BCUT2D eigenvalue weighted by Gasteiger charge is -2.11. The van der Waals surface area contributed by atoms with Gasteiger partial charge in [-0.25, -0.2) is 18.6 Å². The maximum atomic E-state index is 13.5. The number of amides is 1. The Balaban J connectivity index is 2.02. The molecule has 0 saturated carbocycles. The molecule has 0 unspecified atom stereocenters. The number of nitrogens with zero attached hydrogens (tertiary/aromatic N) is 1. The standard InChI is InChI=1S/C15H14F2N2O3S/c1-8(14-18-7-12(23-14)15(21)22-2)19-13(20)6-9-10(16)4-3-5-11(9)17/h3-5,7-8H,6H2,1-2H3,(H,19,20)/t8-/m0/s1. The van der Waals surface area contributed by atoms with Crippen LogP contribution >= 0.6 is 11.3 Å². The maximum Gasteiger partial charge on any atom is 0.349 e. The van der Waals surface area contributed by atoms with E-state index in [1.165, 1.54) is 19.4 Å². The fourth-order valence-corrected chi connectivity index (χ4v) is 2.74. The van der Waals surface area contributed by atoms with Crippen LogP contribution in [0.3, 0.4) is 0 Å². The zero-order valence-corrected chi connectivity index (χ0v) is 13.2. The second-order valence-corrected chi connectivity index (χ2v) is 5.78. The Morgan fingerprint density at radius 2 is 2.00 bits per heavy atom. The van der Waals surface area contributed by atoms with Gasteiger partial charge in [-0.2, -0.15) is 0 Å². The van der Waals surface area contributed by atoms with Crippen LogP contribution in [-0.4, -0.2) is 24.0 Å². The number of ether oxygens (including phenoxy) is 1. The molecule has 0 aliphatic carbocycles. The molecule has 1 atom stereocenters. The molecule has 1 N–H and O–H groups in total. The van der Waals surface area contributed by atoms with Crippen LogP contribution in [0.4, 0.5) is 8.78 Å². The van der Waals surface area contributed by atoms with E-state index < -0.39 is 36.0 Å². The summed E-state index contributed by atoms with van der Waals surface area (Å²) in [5.74, 6) is -2.60. The van der Waals surface area contributed by atoms with E-state index in [4.69, 9.17) is 0 Å². The number of carbonyl (C=O) groups excluding carboxylic acids is 2. The first-order valence-electron chi connectivity index (χ1n) is 6.68. The summed E-state index contributed by atoms with van der Waals surface area (Å²) >= 11 is 1.08. The number of rotatable bonds is 5. The number of carbonyl (C=O) groups is 2. The molecule has 0 radical (unpaired) electrons. The molecular formula is C15H14F2N2O3S. The monoisotopic (exact) mass is 340 g/mol. The lowest BCUT2D eigenvalue weighted by molar-refractivity contribution is -0.121. The number of aromatic nitrogens is 1. The first-order chi connectivity index (χ1) is 10.9. The topological polar surface area (TPSA) is 68.3 Å². The van der Waals surface area contributed by atoms with Crippen LogP contribution in [0.15, 0.2) is 24.4 Å². The van der Waals surface area contributed by atoms with E-state index in [9.17, 15) is 18.4 Å². The molecule has 1 amide bonds. The number of benzene rings is 1.